The van der Waals surface area contributed by atoms with Gasteiger partial charge in [-0.05, 0) is 32.7 Å². The average molecular weight is 349 g/mol. The molecule has 0 bridgehead atoms. The summed E-state index contributed by atoms with van der Waals surface area (Å²) >= 11 is 1.65. The lowest BCUT2D eigenvalue weighted by molar-refractivity contribution is 0.206. The molecule has 132 valence electrons. The van der Waals surface area contributed by atoms with E-state index in [9.17, 15) is 0 Å². The molecule has 0 aliphatic carbocycles. The molecule has 1 aliphatic heterocycles. The molecule has 3 heterocycles. The van der Waals surface area contributed by atoms with Crippen LogP contribution in [0.1, 0.15) is 38.8 Å². The first-order valence-electron chi connectivity index (χ1n) is 8.96. The van der Waals surface area contributed by atoms with Crippen LogP contribution in [0.4, 0.5) is 0 Å². The number of guanidine groups is 1. The molecule has 2 N–H and O–H groups in total. The van der Waals surface area contributed by atoms with Gasteiger partial charge in [-0.15, -0.1) is 11.3 Å². The van der Waals surface area contributed by atoms with E-state index in [1.807, 2.05) is 11.6 Å². The van der Waals surface area contributed by atoms with Gasteiger partial charge < -0.3 is 15.5 Å². The van der Waals surface area contributed by atoms with Crippen LogP contribution in [0.15, 0.2) is 22.8 Å². The number of aliphatic imine (C=N–C) groups is 1. The number of hydrogen-bond donors (Lipinski definition) is 2. The maximum Gasteiger partial charge on any atom is 0.193 e. The fraction of sp³-hybridized carbons (Fsp3) is 0.647. The molecule has 2 aromatic heterocycles. The summed E-state index contributed by atoms with van der Waals surface area (Å²) in [6, 6.07) is 0.515. The van der Waals surface area contributed by atoms with E-state index < -0.39 is 0 Å². The molecule has 0 spiro atoms. The summed E-state index contributed by atoms with van der Waals surface area (Å²) in [5, 5.41) is 9.00. The molecule has 1 aliphatic rings. The standard InChI is InChI=1S/C17H28N6S/c1-3-7-22-8-5-14(6-9-22)20-16(18-4-2)19-12-15-13-23-10-11-24-17(23)21-15/h10-11,13-14H,3-9,12H2,1-2H3,(H2,18,19,20). The first-order valence-corrected chi connectivity index (χ1v) is 9.84. The quantitative estimate of drug-likeness (QED) is 0.621. The van der Waals surface area contributed by atoms with E-state index in [-0.39, 0.29) is 0 Å². The van der Waals surface area contributed by atoms with Crippen LogP contribution in [0.3, 0.4) is 0 Å². The van der Waals surface area contributed by atoms with E-state index in [2.05, 4.69) is 45.0 Å². The van der Waals surface area contributed by atoms with E-state index in [1.54, 1.807) is 11.3 Å². The topological polar surface area (TPSA) is 57.0 Å². The number of hydrogen-bond acceptors (Lipinski definition) is 4. The van der Waals surface area contributed by atoms with Crippen LogP contribution in [0.25, 0.3) is 4.96 Å². The molecule has 24 heavy (non-hydrogen) atoms. The Morgan fingerprint density at radius 3 is 2.92 bits per heavy atom. The van der Waals surface area contributed by atoms with Crippen molar-refractivity contribution in [1.82, 2.24) is 24.9 Å². The highest BCUT2D eigenvalue weighted by molar-refractivity contribution is 7.15. The van der Waals surface area contributed by atoms with Crippen LogP contribution in [-0.2, 0) is 6.54 Å². The summed E-state index contributed by atoms with van der Waals surface area (Å²) in [4.78, 5) is 12.9. The molecule has 0 saturated carbocycles. The van der Waals surface area contributed by atoms with Gasteiger partial charge in [0.05, 0.1) is 12.2 Å². The van der Waals surface area contributed by atoms with Crippen molar-refractivity contribution in [2.24, 2.45) is 4.99 Å². The van der Waals surface area contributed by atoms with Crippen molar-refractivity contribution in [3.05, 3.63) is 23.5 Å². The van der Waals surface area contributed by atoms with Gasteiger partial charge in [0.15, 0.2) is 10.9 Å². The molecule has 0 aromatic carbocycles. The molecular weight excluding hydrogens is 320 g/mol. The van der Waals surface area contributed by atoms with Gasteiger partial charge in [0.25, 0.3) is 0 Å². The van der Waals surface area contributed by atoms with Gasteiger partial charge in [-0.1, -0.05) is 6.92 Å². The van der Waals surface area contributed by atoms with Gasteiger partial charge in [0.1, 0.15) is 0 Å². The van der Waals surface area contributed by atoms with Gasteiger partial charge in [0, 0.05) is 43.4 Å². The Bertz CT molecular complexity index is 624. The van der Waals surface area contributed by atoms with Crippen molar-refractivity contribution in [3.8, 4) is 0 Å². The minimum atomic E-state index is 0.515. The number of nitrogens with one attached hydrogen (secondary N) is 2. The molecule has 6 nitrogen and oxygen atoms in total. The van der Waals surface area contributed by atoms with Crippen LogP contribution in [0.5, 0.6) is 0 Å². The number of aromatic nitrogens is 2. The van der Waals surface area contributed by atoms with Crippen molar-refractivity contribution in [2.75, 3.05) is 26.2 Å². The van der Waals surface area contributed by atoms with Crippen LogP contribution < -0.4 is 10.6 Å². The Morgan fingerprint density at radius 1 is 1.38 bits per heavy atom. The van der Waals surface area contributed by atoms with Gasteiger partial charge in [-0.3, -0.25) is 4.40 Å². The third-order valence-electron chi connectivity index (χ3n) is 4.35. The molecule has 0 unspecified atom stereocenters. The van der Waals surface area contributed by atoms with Crippen LogP contribution in [0, 0.1) is 0 Å². The predicted molar refractivity (Wildman–Crippen MR) is 101 cm³/mol. The monoisotopic (exact) mass is 348 g/mol. The molecule has 1 saturated heterocycles. The molecule has 3 rings (SSSR count). The third-order valence-corrected chi connectivity index (χ3v) is 5.13. The number of fused-ring (bicyclic) bond motifs is 1. The average Bonchev–Trinajstić information content (AvgIpc) is 3.16. The highest BCUT2D eigenvalue weighted by Crippen LogP contribution is 2.12. The van der Waals surface area contributed by atoms with Gasteiger partial charge in [-0.25, -0.2) is 9.98 Å². The van der Waals surface area contributed by atoms with Gasteiger partial charge in [-0.2, -0.15) is 0 Å². The zero-order chi connectivity index (χ0) is 16.8. The number of rotatable bonds is 6. The Kier molecular flexibility index (Phi) is 6.09. The van der Waals surface area contributed by atoms with Gasteiger partial charge in [0.2, 0.25) is 0 Å². The van der Waals surface area contributed by atoms with Crippen LogP contribution >= 0.6 is 11.3 Å². The third kappa shape index (κ3) is 4.48. The molecule has 0 radical (unpaired) electrons. The van der Waals surface area contributed by atoms with E-state index in [1.165, 1.54) is 38.9 Å². The van der Waals surface area contributed by atoms with E-state index in [0.29, 0.717) is 12.6 Å². The van der Waals surface area contributed by atoms with E-state index >= 15 is 0 Å². The SMILES string of the molecule is CCCN1CCC(NC(=NCc2cn3ccsc3n2)NCC)CC1. The Labute approximate surface area is 148 Å². The smallest absolute Gasteiger partial charge is 0.193 e. The van der Waals surface area contributed by atoms with E-state index in [0.717, 1.165) is 23.2 Å². The Morgan fingerprint density at radius 2 is 2.21 bits per heavy atom. The van der Waals surface area contributed by atoms with Crippen LogP contribution in [0.2, 0.25) is 0 Å². The summed E-state index contributed by atoms with van der Waals surface area (Å²) in [7, 11) is 0. The summed E-state index contributed by atoms with van der Waals surface area (Å²) < 4.78 is 2.05. The van der Waals surface area contributed by atoms with Crippen molar-refractivity contribution in [1.29, 1.82) is 0 Å². The largest absolute Gasteiger partial charge is 0.357 e. The minimum absolute atomic E-state index is 0.515. The summed E-state index contributed by atoms with van der Waals surface area (Å²) in [6.07, 6.45) is 7.70. The molecule has 1 fully saturated rings. The number of thiazole rings is 1. The number of piperidine rings is 1. The fourth-order valence-electron chi connectivity index (χ4n) is 3.14. The number of likely N-dealkylation sites (tertiary alicyclic amines) is 1. The summed E-state index contributed by atoms with van der Waals surface area (Å²) in [5.74, 6) is 0.905. The Balaban J connectivity index is 1.54. The van der Waals surface area contributed by atoms with Gasteiger partial charge >= 0.3 is 0 Å². The summed E-state index contributed by atoms with van der Waals surface area (Å²) in [6.45, 7) is 9.42. The minimum Gasteiger partial charge on any atom is -0.357 e. The molecular formula is C17H28N6S. The van der Waals surface area contributed by atoms with E-state index in [4.69, 9.17) is 4.99 Å². The lowest BCUT2D eigenvalue weighted by Gasteiger charge is -2.32. The highest BCUT2D eigenvalue weighted by atomic mass is 32.1. The first kappa shape index (κ1) is 17.2. The second-order valence-electron chi connectivity index (χ2n) is 6.28. The lowest BCUT2D eigenvalue weighted by atomic mass is 10.1. The zero-order valence-corrected chi connectivity index (χ0v) is 15.5. The number of imidazole rings is 1. The molecule has 0 amide bonds. The van der Waals surface area contributed by atoms with Crippen molar-refractivity contribution in [2.45, 2.75) is 45.7 Å². The normalized spacial score (nSPS) is 17.5. The molecule has 2 aromatic rings. The first-order chi connectivity index (χ1) is 11.8. The zero-order valence-electron chi connectivity index (χ0n) is 14.7. The maximum atomic E-state index is 4.72. The number of nitrogens with zero attached hydrogens (tertiary/aromatic N) is 4. The van der Waals surface area contributed by atoms with Crippen molar-refractivity contribution < 1.29 is 0 Å². The molecule has 7 heteroatoms. The second-order valence-corrected chi connectivity index (χ2v) is 7.15. The highest BCUT2D eigenvalue weighted by Gasteiger charge is 2.19. The van der Waals surface area contributed by atoms with Crippen molar-refractivity contribution in [3.63, 3.8) is 0 Å². The second kappa shape index (κ2) is 8.48. The Hall–Kier alpha value is -1.60. The fourth-order valence-corrected chi connectivity index (χ4v) is 3.86. The summed E-state index contributed by atoms with van der Waals surface area (Å²) in [5.41, 5.74) is 1.01. The maximum absolute atomic E-state index is 4.72. The predicted octanol–water partition coefficient (Wildman–Crippen LogP) is 2.33. The van der Waals surface area contributed by atoms with Crippen LogP contribution in [-0.4, -0.2) is 52.5 Å². The lowest BCUT2D eigenvalue weighted by Crippen LogP contribution is -2.48. The van der Waals surface area contributed by atoms with Crippen molar-refractivity contribution >= 4 is 22.3 Å². The molecule has 0 atom stereocenters.